The Bertz CT molecular complexity index is 371. The lowest BCUT2D eigenvalue weighted by atomic mass is 10.1. The van der Waals surface area contributed by atoms with Crippen molar-refractivity contribution in [2.24, 2.45) is 0 Å². The fraction of sp³-hybridized carbons (Fsp3) is 0.500. The Morgan fingerprint density at radius 2 is 2.29 bits per heavy atom. The van der Waals surface area contributed by atoms with E-state index in [1.54, 1.807) is 0 Å². The third kappa shape index (κ3) is 5.26. The summed E-state index contributed by atoms with van der Waals surface area (Å²) in [6.45, 7) is 4.47. The Morgan fingerprint density at radius 3 is 3.00 bits per heavy atom. The van der Waals surface area contributed by atoms with Crippen molar-refractivity contribution in [1.82, 2.24) is 0 Å². The SMILES string of the molecule is CCCCC(C)Nc1cccc(OCC#N)c1. The van der Waals surface area contributed by atoms with E-state index in [4.69, 9.17) is 10.00 Å². The molecule has 0 amide bonds. The van der Waals surface area contributed by atoms with Crippen LogP contribution in [0.25, 0.3) is 0 Å². The van der Waals surface area contributed by atoms with Gasteiger partial charge < -0.3 is 10.1 Å². The van der Waals surface area contributed by atoms with Crippen molar-refractivity contribution in [3.05, 3.63) is 24.3 Å². The maximum Gasteiger partial charge on any atom is 0.174 e. The smallest absolute Gasteiger partial charge is 0.174 e. The molecule has 1 unspecified atom stereocenters. The van der Waals surface area contributed by atoms with Crippen LogP contribution in [-0.2, 0) is 0 Å². The quantitative estimate of drug-likeness (QED) is 0.781. The van der Waals surface area contributed by atoms with E-state index in [9.17, 15) is 0 Å². The molecule has 0 saturated heterocycles. The fourth-order valence-corrected chi connectivity index (χ4v) is 1.66. The van der Waals surface area contributed by atoms with Gasteiger partial charge in [-0.2, -0.15) is 5.26 Å². The van der Waals surface area contributed by atoms with E-state index in [1.807, 2.05) is 30.3 Å². The maximum atomic E-state index is 8.45. The van der Waals surface area contributed by atoms with Crippen LogP contribution < -0.4 is 10.1 Å². The van der Waals surface area contributed by atoms with Gasteiger partial charge in [-0.1, -0.05) is 25.8 Å². The van der Waals surface area contributed by atoms with Crippen molar-refractivity contribution in [2.75, 3.05) is 11.9 Å². The summed E-state index contributed by atoms with van der Waals surface area (Å²) >= 11 is 0. The Labute approximate surface area is 103 Å². The molecule has 0 heterocycles. The molecular formula is C14H20N2O. The lowest BCUT2D eigenvalue weighted by Crippen LogP contribution is -2.14. The number of nitriles is 1. The highest BCUT2D eigenvalue weighted by molar-refractivity contribution is 5.48. The van der Waals surface area contributed by atoms with E-state index in [0.717, 1.165) is 11.4 Å². The first-order valence-corrected chi connectivity index (χ1v) is 6.12. The first-order valence-electron chi connectivity index (χ1n) is 6.12. The summed E-state index contributed by atoms with van der Waals surface area (Å²) in [6, 6.07) is 10.2. The second-order valence-corrected chi connectivity index (χ2v) is 4.16. The van der Waals surface area contributed by atoms with Crippen molar-refractivity contribution in [2.45, 2.75) is 39.2 Å². The van der Waals surface area contributed by atoms with E-state index in [2.05, 4.69) is 19.2 Å². The van der Waals surface area contributed by atoms with Gasteiger partial charge in [0.2, 0.25) is 0 Å². The van der Waals surface area contributed by atoms with Crippen molar-refractivity contribution in [1.29, 1.82) is 5.26 Å². The van der Waals surface area contributed by atoms with Gasteiger partial charge in [0.05, 0.1) is 0 Å². The summed E-state index contributed by atoms with van der Waals surface area (Å²) in [5, 5.41) is 11.9. The second-order valence-electron chi connectivity index (χ2n) is 4.16. The van der Waals surface area contributed by atoms with E-state index >= 15 is 0 Å². The first kappa shape index (κ1) is 13.4. The van der Waals surface area contributed by atoms with Crippen LogP contribution in [0.5, 0.6) is 5.75 Å². The zero-order chi connectivity index (χ0) is 12.5. The molecule has 3 nitrogen and oxygen atoms in total. The topological polar surface area (TPSA) is 45.0 Å². The van der Waals surface area contributed by atoms with E-state index in [0.29, 0.717) is 6.04 Å². The van der Waals surface area contributed by atoms with Gasteiger partial charge in [-0.05, 0) is 25.5 Å². The molecule has 0 saturated carbocycles. The highest BCUT2D eigenvalue weighted by Crippen LogP contribution is 2.18. The van der Waals surface area contributed by atoms with Gasteiger partial charge in [0.1, 0.15) is 11.8 Å². The van der Waals surface area contributed by atoms with Crippen LogP contribution in [0.15, 0.2) is 24.3 Å². The van der Waals surface area contributed by atoms with Crippen molar-refractivity contribution >= 4 is 5.69 Å². The minimum atomic E-state index is 0.0921. The molecular weight excluding hydrogens is 212 g/mol. The lowest BCUT2D eigenvalue weighted by Gasteiger charge is -2.15. The molecule has 3 heteroatoms. The lowest BCUT2D eigenvalue weighted by molar-refractivity contribution is 0.368. The molecule has 17 heavy (non-hydrogen) atoms. The molecule has 0 bridgehead atoms. The predicted octanol–water partition coefficient (Wildman–Crippen LogP) is 3.58. The minimum absolute atomic E-state index is 0.0921. The maximum absolute atomic E-state index is 8.45. The minimum Gasteiger partial charge on any atom is -0.479 e. The highest BCUT2D eigenvalue weighted by Gasteiger charge is 2.02. The van der Waals surface area contributed by atoms with Gasteiger partial charge in [-0.15, -0.1) is 0 Å². The average molecular weight is 232 g/mol. The summed E-state index contributed by atoms with van der Waals surface area (Å²) in [7, 11) is 0. The molecule has 1 rings (SSSR count). The summed E-state index contributed by atoms with van der Waals surface area (Å²) in [4.78, 5) is 0. The Hall–Kier alpha value is -1.69. The number of unbranched alkanes of at least 4 members (excludes halogenated alkanes) is 1. The standard InChI is InChI=1S/C14H20N2O/c1-3-4-6-12(2)16-13-7-5-8-14(11-13)17-10-9-15/h5,7-8,11-12,16H,3-4,6,10H2,1-2H3. The van der Waals surface area contributed by atoms with Crippen LogP contribution in [0.1, 0.15) is 33.1 Å². The van der Waals surface area contributed by atoms with Crippen LogP contribution in [0.4, 0.5) is 5.69 Å². The third-order valence-electron chi connectivity index (χ3n) is 2.54. The third-order valence-corrected chi connectivity index (χ3v) is 2.54. The number of hydrogen-bond donors (Lipinski definition) is 1. The van der Waals surface area contributed by atoms with Gasteiger partial charge in [-0.25, -0.2) is 0 Å². The van der Waals surface area contributed by atoms with Gasteiger partial charge in [-0.3, -0.25) is 0 Å². The van der Waals surface area contributed by atoms with Crippen LogP contribution in [-0.4, -0.2) is 12.6 Å². The van der Waals surface area contributed by atoms with Gasteiger partial charge in [0.25, 0.3) is 0 Å². The predicted molar refractivity (Wildman–Crippen MR) is 70.2 cm³/mol. The largest absolute Gasteiger partial charge is 0.479 e. The van der Waals surface area contributed by atoms with E-state index in [-0.39, 0.29) is 6.61 Å². The summed E-state index contributed by atoms with van der Waals surface area (Å²) in [6.07, 6.45) is 3.62. The van der Waals surface area contributed by atoms with E-state index < -0.39 is 0 Å². The van der Waals surface area contributed by atoms with Crippen molar-refractivity contribution < 1.29 is 4.74 Å². The number of hydrogen-bond acceptors (Lipinski definition) is 3. The number of anilines is 1. The van der Waals surface area contributed by atoms with Crippen LogP contribution in [0, 0.1) is 11.3 Å². The number of rotatable bonds is 7. The van der Waals surface area contributed by atoms with Crippen molar-refractivity contribution in [3.63, 3.8) is 0 Å². The number of nitrogens with zero attached hydrogens (tertiary/aromatic N) is 1. The molecule has 1 N–H and O–H groups in total. The number of benzene rings is 1. The molecule has 1 atom stereocenters. The number of ether oxygens (including phenoxy) is 1. The monoisotopic (exact) mass is 232 g/mol. The van der Waals surface area contributed by atoms with Crippen LogP contribution in [0.3, 0.4) is 0 Å². The molecule has 0 aromatic heterocycles. The summed E-state index contributed by atoms with van der Waals surface area (Å²) < 4.78 is 5.26. The zero-order valence-electron chi connectivity index (χ0n) is 10.6. The zero-order valence-corrected chi connectivity index (χ0v) is 10.6. The molecule has 92 valence electrons. The summed E-state index contributed by atoms with van der Waals surface area (Å²) in [5.74, 6) is 0.735. The van der Waals surface area contributed by atoms with E-state index in [1.165, 1.54) is 19.3 Å². The fourth-order valence-electron chi connectivity index (χ4n) is 1.66. The highest BCUT2D eigenvalue weighted by atomic mass is 16.5. The normalized spacial score (nSPS) is 11.6. The van der Waals surface area contributed by atoms with Gasteiger partial charge in [0.15, 0.2) is 6.61 Å². The first-order chi connectivity index (χ1) is 8.26. The van der Waals surface area contributed by atoms with Gasteiger partial charge in [0, 0.05) is 17.8 Å². The van der Waals surface area contributed by atoms with Crippen molar-refractivity contribution in [3.8, 4) is 11.8 Å². The number of nitrogens with one attached hydrogen (secondary N) is 1. The molecule has 0 spiro atoms. The molecule has 0 aliphatic heterocycles. The molecule has 0 aliphatic carbocycles. The van der Waals surface area contributed by atoms with Crippen LogP contribution in [0.2, 0.25) is 0 Å². The molecule has 0 aliphatic rings. The Kier molecular flexibility index (Phi) is 5.95. The molecule has 0 fully saturated rings. The molecule has 0 radical (unpaired) electrons. The van der Waals surface area contributed by atoms with Crippen LogP contribution >= 0.6 is 0 Å². The Balaban J connectivity index is 2.50. The molecule has 1 aromatic carbocycles. The van der Waals surface area contributed by atoms with Gasteiger partial charge >= 0.3 is 0 Å². The average Bonchev–Trinajstić information content (AvgIpc) is 2.34. The second kappa shape index (κ2) is 7.56. The summed E-state index contributed by atoms with van der Waals surface area (Å²) in [5.41, 5.74) is 1.05. The Morgan fingerprint density at radius 1 is 1.47 bits per heavy atom. The molecule has 1 aromatic rings.